The summed E-state index contributed by atoms with van der Waals surface area (Å²) in [5, 5.41) is 10.9. The number of amides is 2. The van der Waals surface area contributed by atoms with Crippen LogP contribution in [0.4, 0.5) is 5.69 Å². The van der Waals surface area contributed by atoms with Crippen LogP contribution >= 0.6 is 0 Å². The van der Waals surface area contributed by atoms with Gasteiger partial charge in [0.05, 0.1) is 25.2 Å². The normalized spacial score (nSPS) is 28.2. The summed E-state index contributed by atoms with van der Waals surface area (Å²) < 4.78 is 0. The van der Waals surface area contributed by atoms with Crippen molar-refractivity contribution in [2.75, 3.05) is 18.0 Å². The Morgan fingerprint density at radius 3 is 2.35 bits per heavy atom. The highest BCUT2D eigenvalue weighted by atomic mass is 16.4. The lowest BCUT2D eigenvalue weighted by Gasteiger charge is -2.32. The van der Waals surface area contributed by atoms with Crippen LogP contribution in [0.2, 0.25) is 0 Å². The number of anilines is 1. The quantitative estimate of drug-likeness (QED) is 0.701. The molecule has 6 nitrogen and oxygen atoms in total. The van der Waals surface area contributed by atoms with E-state index in [9.17, 15) is 19.5 Å². The molecule has 2 heterocycles. The molecular formula is C17H20N2O4. The average molecular weight is 316 g/mol. The molecule has 23 heavy (non-hydrogen) atoms. The third kappa shape index (κ3) is 2.99. The first kappa shape index (κ1) is 15.7. The third-order valence-corrected chi connectivity index (χ3v) is 4.89. The molecule has 1 aromatic carbocycles. The number of nitrogens with one attached hydrogen (secondary N) is 1. The van der Waals surface area contributed by atoms with E-state index in [2.05, 4.69) is 0 Å². The largest absolute Gasteiger partial charge is 0.550 e. The molecule has 3 rings (SSSR count). The molecule has 0 aromatic heterocycles. The number of carbonyl (C=O) groups is 3. The van der Waals surface area contributed by atoms with Gasteiger partial charge in [-0.3, -0.25) is 9.59 Å². The molecule has 0 saturated carbocycles. The molecule has 2 aliphatic heterocycles. The second-order valence-corrected chi connectivity index (χ2v) is 6.41. The van der Waals surface area contributed by atoms with Crippen molar-refractivity contribution < 1.29 is 24.4 Å². The van der Waals surface area contributed by atoms with Crippen molar-refractivity contribution in [2.45, 2.75) is 32.2 Å². The van der Waals surface area contributed by atoms with Gasteiger partial charge in [0.25, 0.3) is 5.91 Å². The number of carboxylic acid groups (broad SMARTS) is 1. The van der Waals surface area contributed by atoms with Gasteiger partial charge in [-0.15, -0.1) is 0 Å². The molecule has 0 aliphatic carbocycles. The maximum absolute atomic E-state index is 12.7. The molecule has 2 fully saturated rings. The fourth-order valence-corrected chi connectivity index (χ4v) is 3.49. The smallest absolute Gasteiger partial charge is 0.292 e. The van der Waals surface area contributed by atoms with E-state index in [1.807, 2.05) is 19.1 Å². The molecule has 2 saturated heterocycles. The molecule has 0 bridgehead atoms. The standard InChI is InChI=1S/C17H20N2O4/c1-11-2-4-13(5-3-11)19-15(20)10-14(16(19)21)18-8-6-12(7-9-18)17(22)23/h2-5,12,14H,6-10H2,1H3,(H,22,23)/t14-/m1/s1. The Labute approximate surface area is 134 Å². The molecule has 1 aromatic rings. The maximum atomic E-state index is 12.7. The van der Waals surface area contributed by atoms with Gasteiger partial charge < -0.3 is 14.8 Å². The van der Waals surface area contributed by atoms with Gasteiger partial charge in [-0.1, -0.05) is 17.7 Å². The van der Waals surface area contributed by atoms with E-state index in [0.29, 0.717) is 31.6 Å². The number of piperidine rings is 1. The lowest BCUT2D eigenvalue weighted by atomic mass is 9.96. The van der Waals surface area contributed by atoms with Gasteiger partial charge in [-0.2, -0.15) is 0 Å². The van der Waals surface area contributed by atoms with Crippen LogP contribution in [0, 0.1) is 12.8 Å². The summed E-state index contributed by atoms with van der Waals surface area (Å²) in [7, 11) is 0. The lowest BCUT2D eigenvalue weighted by Crippen LogP contribution is -3.17. The van der Waals surface area contributed by atoms with Crippen molar-refractivity contribution in [3.63, 3.8) is 0 Å². The van der Waals surface area contributed by atoms with Crippen LogP contribution in [0.15, 0.2) is 24.3 Å². The highest BCUT2D eigenvalue weighted by molar-refractivity contribution is 6.21. The predicted octanol–water partition coefficient (Wildman–Crippen LogP) is -1.33. The zero-order valence-corrected chi connectivity index (χ0v) is 13.1. The minimum atomic E-state index is -1.01. The van der Waals surface area contributed by atoms with Gasteiger partial charge in [0.2, 0.25) is 5.91 Å². The first-order valence-electron chi connectivity index (χ1n) is 7.96. The fourth-order valence-electron chi connectivity index (χ4n) is 3.49. The summed E-state index contributed by atoms with van der Waals surface area (Å²) in [6.45, 7) is 3.12. The molecule has 0 spiro atoms. The van der Waals surface area contributed by atoms with E-state index >= 15 is 0 Å². The topological polar surface area (TPSA) is 82.0 Å². The van der Waals surface area contributed by atoms with Gasteiger partial charge in [-0.05, 0) is 19.1 Å². The van der Waals surface area contributed by atoms with E-state index < -0.39 is 17.9 Å². The van der Waals surface area contributed by atoms with Crippen LogP contribution in [0.5, 0.6) is 0 Å². The van der Waals surface area contributed by atoms with E-state index in [0.717, 1.165) is 10.5 Å². The number of benzene rings is 1. The Morgan fingerprint density at radius 1 is 1.17 bits per heavy atom. The van der Waals surface area contributed by atoms with E-state index in [1.54, 1.807) is 12.1 Å². The van der Waals surface area contributed by atoms with E-state index in [1.165, 1.54) is 4.90 Å². The van der Waals surface area contributed by atoms with Gasteiger partial charge in [-0.25, -0.2) is 4.90 Å². The number of likely N-dealkylation sites (tertiary alicyclic amines) is 1. The zero-order valence-electron chi connectivity index (χ0n) is 13.1. The summed E-state index contributed by atoms with van der Waals surface area (Å²) in [4.78, 5) is 38.1. The van der Waals surface area contributed by atoms with Gasteiger partial charge >= 0.3 is 0 Å². The molecule has 122 valence electrons. The van der Waals surface area contributed by atoms with Crippen LogP contribution in [-0.2, 0) is 14.4 Å². The Bertz CT molecular complexity index is 632. The Morgan fingerprint density at radius 2 is 1.78 bits per heavy atom. The SMILES string of the molecule is Cc1ccc(N2C(=O)C[C@@H]([NH+]3CCC(C(=O)[O-])CC3)C2=O)cc1. The Kier molecular flexibility index (Phi) is 4.17. The molecule has 2 aliphatic rings. The first-order chi connectivity index (χ1) is 11.0. The summed E-state index contributed by atoms with van der Waals surface area (Å²) in [6.07, 6.45) is 1.19. The number of quaternary nitrogens is 1. The number of carbonyl (C=O) groups excluding carboxylic acids is 3. The van der Waals surface area contributed by atoms with Crippen LogP contribution < -0.4 is 14.9 Å². The molecule has 2 amide bonds. The van der Waals surface area contributed by atoms with Crippen molar-refractivity contribution in [3.8, 4) is 0 Å². The van der Waals surface area contributed by atoms with Crippen molar-refractivity contribution in [3.05, 3.63) is 29.8 Å². The molecule has 0 radical (unpaired) electrons. The first-order valence-corrected chi connectivity index (χ1v) is 7.96. The second kappa shape index (κ2) is 6.12. The van der Waals surface area contributed by atoms with Crippen molar-refractivity contribution in [1.82, 2.24) is 0 Å². The van der Waals surface area contributed by atoms with E-state index in [4.69, 9.17) is 0 Å². The zero-order chi connectivity index (χ0) is 16.6. The van der Waals surface area contributed by atoms with Crippen LogP contribution in [0.3, 0.4) is 0 Å². The van der Waals surface area contributed by atoms with Gasteiger partial charge in [0.15, 0.2) is 6.04 Å². The van der Waals surface area contributed by atoms with Crippen molar-refractivity contribution in [1.29, 1.82) is 0 Å². The lowest BCUT2D eigenvalue weighted by molar-refractivity contribution is -0.920. The van der Waals surface area contributed by atoms with E-state index in [-0.39, 0.29) is 18.2 Å². The predicted molar refractivity (Wildman–Crippen MR) is 80.5 cm³/mol. The highest BCUT2D eigenvalue weighted by Crippen LogP contribution is 2.22. The number of hydrogen-bond acceptors (Lipinski definition) is 4. The van der Waals surface area contributed by atoms with Crippen LogP contribution in [-0.4, -0.2) is 36.9 Å². The summed E-state index contributed by atoms with van der Waals surface area (Å²) in [5.74, 6) is -1.81. The molecule has 6 heteroatoms. The number of aliphatic carboxylic acids is 1. The Hall–Kier alpha value is -2.21. The summed E-state index contributed by atoms with van der Waals surface area (Å²) in [6, 6.07) is 6.92. The van der Waals surface area contributed by atoms with Crippen LogP contribution in [0.1, 0.15) is 24.8 Å². The number of nitrogens with zero attached hydrogens (tertiary/aromatic N) is 1. The number of aryl methyl sites for hydroxylation is 1. The molecule has 1 N–H and O–H groups in total. The summed E-state index contributed by atoms with van der Waals surface area (Å²) >= 11 is 0. The van der Waals surface area contributed by atoms with Crippen LogP contribution in [0.25, 0.3) is 0 Å². The van der Waals surface area contributed by atoms with Gasteiger partial charge in [0, 0.05) is 24.7 Å². The third-order valence-electron chi connectivity index (χ3n) is 4.89. The number of rotatable bonds is 3. The number of imide groups is 1. The van der Waals surface area contributed by atoms with Crippen molar-refractivity contribution in [2.24, 2.45) is 5.92 Å². The molecule has 1 atom stereocenters. The number of hydrogen-bond donors (Lipinski definition) is 1. The highest BCUT2D eigenvalue weighted by Gasteiger charge is 2.46. The van der Waals surface area contributed by atoms with Crippen molar-refractivity contribution >= 4 is 23.5 Å². The molecule has 0 unspecified atom stereocenters. The molecular weight excluding hydrogens is 296 g/mol. The van der Waals surface area contributed by atoms with Gasteiger partial charge in [0.1, 0.15) is 0 Å². The second-order valence-electron chi connectivity index (χ2n) is 6.41. The Balaban J connectivity index is 1.72. The fraction of sp³-hybridized carbons (Fsp3) is 0.471. The minimum absolute atomic E-state index is 0.180. The summed E-state index contributed by atoms with van der Waals surface area (Å²) in [5.41, 5.74) is 1.68. The minimum Gasteiger partial charge on any atom is -0.550 e. The maximum Gasteiger partial charge on any atom is 0.292 e. The average Bonchev–Trinajstić information content (AvgIpc) is 2.83. The number of carboxylic acids is 1. The monoisotopic (exact) mass is 316 g/mol.